The maximum Gasteiger partial charge on any atom is 0.260 e. The van der Waals surface area contributed by atoms with Crippen LogP contribution < -0.4 is 10.3 Å². The van der Waals surface area contributed by atoms with Crippen molar-refractivity contribution in [2.24, 2.45) is 0 Å². The number of thiophene rings is 1. The molecule has 2 heterocycles. The van der Waals surface area contributed by atoms with Gasteiger partial charge in [0.05, 0.1) is 17.2 Å². The average Bonchev–Trinajstić information content (AvgIpc) is 3.17. The summed E-state index contributed by atoms with van der Waals surface area (Å²) in [6.45, 7) is 3.91. The van der Waals surface area contributed by atoms with E-state index in [0.717, 1.165) is 16.9 Å². The smallest absolute Gasteiger partial charge is 0.260 e. The number of hydrogen-bond donors (Lipinski definition) is 1. The van der Waals surface area contributed by atoms with E-state index < -0.39 is 0 Å². The van der Waals surface area contributed by atoms with E-state index in [1.807, 2.05) is 49.6 Å². The second kappa shape index (κ2) is 8.85. The van der Waals surface area contributed by atoms with Gasteiger partial charge >= 0.3 is 0 Å². The summed E-state index contributed by atoms with van der Waals surface area (Å²) in [4.78, 5) is 33.2. The molecule has 0 aliphatic rings. The number of carbonyl (C=O) groups excluding carboxylic acids is 1. The van der Waals surface area contributed by atoms with Crippen LogP contribution in [0.1, 0.15) is 24.2 Å². The molecule has 2 aromatic carbocycles. The molecule has 0 amide bonds. The summed E-state index contributed by atoms with van der Waals surface area (Å²) in [6, 6.07) is 16.9. The Bertz CT molecular complexity index is 1230. The molecule has 0 aliphatic heterocycles. The van der Waals surface area contributed by atoms with Crippen molar-refractivity contribution >= 4 is 39.1 Å². The summed E-state index contributed by atoms with van der Waals surface area (Å²) in [5.74, 6) is 0.892. The molecule has 0 unspecified atom stereocenters. The van der Waals surface area contributed by atoms with Crippen LogP contribution in [0.5, 0.6) is 5.75 Å². The Morgan fingerprint density at radius 3 is 2.57 bits per heavy atom. The maximum atomic E-state index is 12.7. The van der Waals surface area contributed by atoms with E-state index in [2.05, 4.69) is 9.97 Å². The number of carbonyl (C=O) groups is 1. The first-order valence-corrected chi connectivity index (χ1v) is 11.4. The third kappa shape index (κ3) is 4.47. The van der Waals surface area contributed by atoms with Crippen LogP contribution in [0.4, 0.5) is 0 Å². The lowest BCUT2D eigenvalue weighted by Crippen LogP contribution is -2.10. The van der Waals surface area contributed by atoms with Gasteiger partial charge in [-0.05, 0) is 43.7 Å². The number of rotatable bonds is 7. The van der Waals surface area contributed by atoms with Gasteiger partial charge in [0.2, 0.25) is 0 Å². The number of nitrogens with one attached hydrogen (secondary N) is 1. The number of aromatic nitrogens is 2. The summed E-state index contributed by atoms with van der Waals surface area (Å²) < 4.78 is 5.60. The van der Waals surface area contributed by atoms with Crippen molar-refractivity contribution in [3.63, 3.8) is 0 Å². The van der Waals surface area contributed by atoms with Crippen molar-refractivity contribution in [3.05, 3.63) is 75.9 Å². The van der Waals surface area contributed by atoms with Crippen LogP contribution in [0.3, 0.4) is 0 Å². The fourth-order valence-electron chi connectivity index (χ4n) is 3.04. The lowest BCUT2D eigenvalue weighted by atomic mass is 10.1. The van der Waals surface area contributed by atoms with E-state index in [0.29, 0.717) is 20.9 Å². The molecule has 0 saturated carbocycles. The Balaban J connectivity index is 1.49. The Labute approximate surface area is 182 Å². The van der Waals surface area contributed by atoms with Crippen LogP contribution in [0.2, 0.25) is 0 Å². The quantitative estimate of drug-likeness (QED) is 0.238. The van der Waals surface area contributed by atoms with Gasteiger partial charge in [0, 0.05) is 16.5 Å². The SMILES string of the molecule is CC(C)Oc1ccc(C(=O)CSc2nc3scc(-c4ccccc4)c3c(=O)[nH]2)cc1. The highest BCUT2D eigenvalue weighted by atomic mass is 32.2. The molecule has 7 heteroatoms. The number of nitrogens with zero attached hydrogens (tertiary/aromatic N) is 1. The predicted octanol–water partition coefficient (Wildman–Crippen LogP) is 5.41. The third-order valence-electron chi connectivity index (χ3n) is 4.40. The maximum absolute atomic E-state index is 12.7. The van der Waals surface area contributed by atoms with E-state index in [4.69, 9.17) is 4.74 Å². The molecule has 5 nitrogen and oxygen atoms in total. The van der Waals surface area contributed by atoms with Crippen LogP contribution in [0, 0.1) is 0 Å². The van der Waals surface area contributed by atoms with Gasteiger partial charge in [0.1, 0.15) is 10.6 Å². The fourth-order valence-corrected chi connectivity index (χ4v) is 4.80. The molecule has 0 radical (unpaired) electrons. The highest BCUT2D eigenvalue weighted by molar-refractivity contribution is 7.99. The molecule has 0 atom stereocenters. The number of fused-ring (bicyclic) bond motifs is 1. The summed E-state index contributed by atoms with van der Waals surface area (Å²) in [7, 11) is 0. The second-order valence-corrected chi connectivity index (χ2v) is 8.79. The van der Waals surface area contributed by atoms with E-state index in [1.54, 1.807) is 24.3 Å². The number of ketones is 1. The summed E-state index contributed by atoms with van der Waals surface area (Å²) >= 11 is 2.66. The van der Waals surface area contributed by atoms with Crippen molar-refractivity contribution in [3.8, 4) is 16.9 Å². The molecule has 0 bridgehead atoms. The number of thioether (sulfide) groups is 1. The average molecular weight is 437 g/mol. The van der Waals surface area contributed by atoms with Crippen molar-refractivity contribution < 1.29 is 9.53 Å². The van der Waals surface area contributed by atoms with Crippen molar-refractivity contribution in [1.29, 1.82) is 0 Å². The summed E-state index contributed by atoms with van der Waals surface area (Å²) in [5, 5.41) is 2.98. The van der Waals surface area contributed by atoms with Gasteiger partial charge in [-0.15, -0.1) is 11.3 Å². The molecular weight excluding hydrogens is 416 g/mol. The van der Waals surface area contributed by atoms with Gasteiger partial charge in [-0.1, -0.05) is 42.1 Å². The molecule has 152 valence electrons. The minimum Gasteiger partial charge on any atom is -0.491 e. The molecule has 2 aromatic heterocycles. The van der Waals surface area contributed by atoms with Gasteiger partial charge < -0.3 is 9.72 Å². The van der Waals surface area contributed by atoms with Crippen LogP contribution in [-0.2, 0) is 0 Å². The fraction of sp³-hybridized carbons (Fsp3) is 0.174. The lowest BCUT2D eigenvalue weighted by molar-refractivity contribution is 0.102. The zero-order valence-electron chi connectivity index (χ0n) is 16.5. The van der Waals surface area contributed by atoms with Crippen LogP contribution in [0.15, 0.2) is 69.9 Å². The molecular formula is C23H20N2O3S2. The number of Topliss-reactive ketones (excluding diaryl/α,β-unsaturated/α-hetero) is 1. The molecule has 4 aromatic rings. The first-order chi connectivity index (χ1) is 14.5. The van der Waals surface area contributed by atoms with Gasteiger partial charge in [0.25, 0.3) is 5.56 Å². The molecule has 0 aliphatic carbocycles. The largest absolute Gasteiger partial charge is 0.491 e. The minimum atomic E-state index is -0.190. The van der Waals surface area contributed by atoms with E-state index in [9.17, 15) is 9.59 Å². The Morgan fingerprint density at radius 1 is 1.13 bits per heavy atom. The minimum absolute atomic E-state index is 0.0324. The standard InChI is InChI=1S/C23H20N2O3S2/c1-14(2)28-17-10-8-16(9-11-17)19(26)13-30-23-24-21(27)20-18(12-29-22(20)25-23)15-6-4-3-5-7-15/h3-12,14H,13H2,1-2H3,(H,24,25,27). The summed E-state index contributed by atoms with van der Waals surface area (Å²) in [5.41, 5.74) is 2.27. The van der Waals surface area contributed by atoms with Crippen molar-refractivity contribution in [2.45, 2.75) is 25.1 Å². The van der Waals surface area contributed by atoms with Crippen LogP contribution in [-0.4, -0.2) is 27.6 Å². The predicted molar refractivity (Wildman–Crippen MR) is 123 cm³/mol. The Hall–Kier alpha value is -2.90. The normalized spacial score (nSPS) is 11.2. The zero-order valence-corrected chi connectivity index (χ0v) is 18.2. The van der Waals surface area contributed by atoms with Crippen molar-refractivity contribution in [2.75, 3.05) is 5.75 Å². The topological polar surface area (TPSA) is 72.0 Å². The van der Waals surface area contributed by atoms with Gasteiger partial charge in [-0.3, -0.25) is 9.59 Å². The van der Waals surface area contributed by atoms with E-state index in [-0.39, 0.29) is 23.2 Å². The highest BCUT2D eigenvalue weighted by Crippen LogP contribution is 2.31. The van der Waals surface area contributed by atoms with Gasteiger partial charge in [0.15, 0.2) is 10.9 Å². The molecule has 0 fully saturated rings. The molecule has 0 spiro atoms. The lowest BCUT2D eigenvalue weighted by Gasteiger charge is -2.09. The van der Waals surface area contributed by atoms with Gasteiger partial charge in [-0.2, -0.15) is 0 Å². The van der Waals surface area contributed by atoms with E-state index >= 15 is 0 Å². The number of ether oxygens (including phenoxy) is 1. The number of aromatic amines is 1. The highest BCUT2D eigenvalue weighted by Gasteiger charge is 2.14. The van der Waals surface area contributed by atoms with Crippen molar-refractivity contribution in [1.82, 2.24) is 9.97 Å². The third-order valence-corrected chi connectivity index (χ3v) is 6.14. The Kier molecular flexibility index (Phi) is 6.01. The van der Waals surface area contributed by atoms with E-state index in [1.165, 1.54) is 23.1 Å². The number of benzene rings is 2. The monoisotopic (exact) mass is 436 g/mol. The molecule has 0 saturated heterocycles. The first-order valence-electron chi connectivity index (χ1n) is 9.51. The molecule has 1 N–H and O–H groups in total. The zero-order chi connectivity index (χ0) is 21.1. The Morgan fingerprint density at radius 2 is 1.87 bits per heavy atom. The van der Waals surface area contributed by atoms with Gasteiger partial charge in [-0.25, -0.2) is 4.98 Å². The molecule has 4 rings (SSSR count). The first kappa shape index (κ1) is 20.4. The second-order valence-electron chi connectivity index (χ2n) is 6.97. The van der Waals surface area contributed by atoms with Crippen LogP contribution in [0.25, 0.3) is 21.3 Å². The number of hydrogen-bond acceptors (Lipinski definition) is 6. The number of H-pyrrole nitrogens is 1. The molecule has 30 heavy (non-hydrogen) atoms. The van der Waals surface area contributed by atoms with Crippen LogP contribution >= 0.6 is 23.1 Å². The summed E-state index contributed by atoms with van der Waals surface area (Å²) in [6.07, 6.45) is 0.0829.